The van der Waals surface area contributed by atoms with Gasteiger partial charge < -0.3 is 10.4 Å². The molecule has 3 aromatic carbocycles. The third-order valence-corrected chi connectivity index (χ3v) is 3.53. The lowest BCUT2D eigenvalue weighted by atomic mass is 10.0. The first-order chi connectivity index (χ1) is 10.1. The summed E-state index contributed by atoms with van der Waals surface area (Å²) in [7, 11) is 0. The van der Waals surface area contributed by atoms with Gasteiger partial charge in [-0.1, -0.05) is 30.3 Å². The average molecular weight is 281 g/mol. The summed E-state index contributed by atoms with van der Waals surface area (Å²) in [4.78, 5) is 0. The van der Waals surface area contributed by atoms with Crippen LogP contribution in [0.3, 0.4) is 0 Å². The van der Waals surface area contributed by atoms with Crippen molar-refractivity contribution in [2.45, 2.75) is 13.5 Å². The standard InChI is InChI=1S/C18H16FNO/c1-12-8-14(19)10-15(9-12)20-11-17-16-5-3-2-4-13(16)6-7-18(17)21/h2-10,20-21H,11H2,1H3. The van der Waals surface area contributed by atoms with Gasteiger partial charge in [0.15, 0.2) is 0 Å². The van der Waals surface area contributed by atoms with Crippen molar-refractivity contribution < 1.29 is 9.50 Å². The normalized spacial score (nSPS) is 10.8. The Hall–Kier alpha value is -2.55. The van der Waals surface area contributed by atoms with E-state index < -0.39 is 0 Å². The highest BCUT2D eigenvalue weighted by atomic mass is 19.1. The zero-order chi connectivity index (χ0) is 14.8. The van der Waals surface area contributed by atoms with Gasteiger partial charge >= 0.3 is 0 Å². The van der Waals surface area contributed by atoms with E-state index in [0.717, 1.165) is 21.9 Å². The summed E-state index contributed by atoms with van der Waals surface area (Å²) < 4.78 is 13.4. The first kappa shape index (κ1) is 13.4. The van der Waals surface area contributed by atoms with Crippen LogP contribution in [0.5, 0.6) is 5.75 Å². The van der Waals surface area contributed by atoms with Crippen molar-refractivity contribution in [2.75, 3.05) is 5.32 Å². The minimum atomic E-state index is -0.264. The van der Waals surface area contributed by atoms with Crippen LogP contribution in [0.25, 0.3) is 10.8 Å². The summed E-state index contributed by atoms with van der Waals surface area (Å²) in [6.07, 6.45) is 0. The molecule has 0 heterocycles. The molecule has 0 aliphatic heterocycles. The molecule has 2 nitrogen and oxygen atoms in total. The number of benzene rings is 3. The number of aryl methyl sites for hydroxylation is 1. The van der Waals surface area contributed by atoms with Crippen LogP contribution in [0.15, 0.2) is 54.6 Å². The minimum Gasteiger partial charge on any atom is -0.508 e. The maximum Gasteiger partial charge on any atom is 0.125 e. The zero-order valence-electron chi connectivity index (χ0n) is 11.7. The van der Waals surface area contributed by atoms with E-state index in [-0.39, 0.29) is 11.6 Å². The number of halogens is 1. The van der Waals surface area contributed by atoms with Crippen LogP contribution in [-0.4, -0.2) is 5.11 Å². The SMILES string of the molecule is Cc1cc(F)cc(NCc2c(O)ccc3ccccc23)c1. The van der Waals surface area contributed by atoms with Crippen LogP contribution >= 0.6 is 0 Å². The van der Waals surface area contributed by atoms with Crippen LogP contribution in [0.4, 0.5) is 10.1 Å². The molecule has 0 spiro atoms. The molecular formula is C18H16FNO. The van der Waals surface area contributed by atoms with Crippen LogP contribution in [0, 0.1) is 12.7 Å². The Morgan fingerprint density at radius 1 is 1.05 bits per heavy atom. The molecule has 3 rings (SSSR count). The van der Waals surface area contributed by atoms with E-state index in [2.05, 4.69) is 5.32 Å². The van der Waals surface area contributed by atoms with E-state index in [0.29, 0.717) is 12.2 Å². The number of hydrogen-bond acceptors (Lipinski definition) is 2. The maximum absolute atomic E-state index is 13.4. The number of anilines is 1. The quantitative estimate of drug-likeness (QED) is 0.735. The highest BCUT2D eigenvalue weighted by molar-refractivity contribution is 5.87. The van der Waals surface area contributed by atoms with Gasteiger partial charge in [0.05, 0.1) is 0 Å². The van der Waals surface area contributed by atoms with E-state index in [9.17, 15) is 9.50 Å². The number of rotatable bonds is 3. The molecule has 0 bridgehead atoms. The lowest BCUT2D eigenvalue weighted by molar-refractivity contribution is 0.470. The molecule has 2 N–H and O–H groups in total. The van der Waals surface area contributed by atoms with Crippen LogP contribution < -0.4 is 5.32 Å². The van der Waals surface area contributed by atoms with Crippen LogP contribution in [0.2, 0.25) is 0 Å². The molecule has 0 fully saturated rings. The minimum absolute atomic E-state index is 0.245. The Morgan fingerprint density at radius 2 is 1.86 bits per heavy atom. The third kappa shape index (κ3) is 2.82. The summed E-state index contributed by atoms with van der Waals surface area (Å²) in [6, 6.07) is 16.3. The predicted octanol–water partition coefficient (Wildman–Crippen LogP) is 4.61. The van der Waals surface area contributed by atoms with Crippen LogP contribution in [-0.2, 0) is 6.54 Å². The van der Waals surface area contributed by atoms with Crippen molar-refractivity contribution in [3.8, 4) is 5.75 Å². The fraction of sp³-hybridized carbons (Fsp3) is 0.111. The van der Waals surface area contributed by atoms with Gasteiger partial charge in [-0.25, -0.2) is 4.39 Å². The van der Waals surface area contributed by atoms with Gasteiger partial charge in [-0.3, -0.25) is 0 Å². The Balaban J connectivity index is 1.93. The van der Waals surface area contributed by atoms with E-state index in [1.807, 2.05) is 43.3 Å². The van der Waals surface area contributed by atoms with Gasteiger partial charge in [0, 0.05) is 17.8 Å². The van der Waals surface area contributed by atoms with E-state index in [1.165, 1.54) is 12.1 Å². The molecule has 0 aliphatic rings. The van der Waals surface area contributed by atoms with Crippen molar-refractivity contribution >= 4 is 16.5 Å². The second-order valence-electron chi connectivity index (χ2n) is 5.16. The number of phenols is 1. The number of hydrogen-bond donors (Lipinski definition) is 2. The summed E-state index contributed by atoms with van der Waals surface area (Å²) >= 11 is 0. The number of nitrogens with one attached hydrogen (secondary N) is 1. The first-order valence-corrected chi connectivity index (χ1v) is 6.84. The second kappa shape index (κ2) is 5.44. The van der Waals surface area contributed by atoms with E-state index >= 15 is 0 Å². The first-order valence-electron chi connectivity index (χ1n) is 6.84. The largest absolute Gasteiger partial charge is 0.508 e. The van der Waals surface area contributed by atoms with Crippen molar-refractivity contribution in [1.82, 2.24) is 0 Å². The molecule has 0 saturated carbocycles. The molecule has 0 aromatic heterocycles. The van der Waals surface area contributed by atoms with Crippen molar-refractivity contribution in [1.29, 1.82) is 0 Å². The Kier molecular flexibility index (Phi) is 3.48. The monoisotopic (exact) mass is 281 g/mol. The summed E-state index contributed by atoms with van der Waals surface area (Å²) in [6.45, 7) is 2.29. The predicted molar refractivity (Wildman–Crippen MR) is 84.1 cm³/mol. The van der Waals surface area contributed by atoms with E-state index in [1.54, 1.807) is 6.07 Å². The zero-order valence-corrected chi connectivity index (χ0v) is 11.7. The molecule has 0 unspecified atom stereocenters. The molecule has 3 aromatic rings. The van der Waals surface area contributed by atoms with Crippen molar-refractivity contribution in [3.63, 3.8) is 0 Å². The van der Waals surface area contributed by atoms with E-state index in [4.69, 9.17) is 0 Å². The number of fused-ring (bicyclic) bond motifs is 1. The Morgan fingerprint density at radius 3 is 2.67 bits per heavy atom. The van der Waals surface area contributed by atoms with Gasteiger partial charge in [0.25, 0.3) is 0 Å². The molecule has 106 valence electrons. The van der Waals surface area contributed by atoms with Gasteiger partial charge in [-0.15, -0.1) is 0 Å². The number of aromatic hydroxyl groups is 1. The summed E-state index contributed by atoms with van der Waals surface area (Å²) in [5, 5.41) is 15.3. The lowest BCUT2D eigenvalue weighted by Crippen LogP contribution is -2.01. The van der Waals surface area contributed by atoms with Gasteiger partial charge in [-0.2, -0.15) is 0 Å². The van der Waals surface area contributed by atoms with Crippen molar-refractivity contribution in [3.05, 3.63) is 71.5 Å². The second-order valence-corrected chi connectivity index (χ2v) is 5.16. The highest BCUT2D eigenvalue weighted by Crippen LogP contribution is 2.28. The van der Waals surface area contributed by atoms with Crippen LogP contribution in [0.1, 0.15) is 11.1 Å². The summed E-state index contributed by atoms with van der Waals surface area (Å²) in [5.41, 5.74) is 2.38. The fourth-order valence-electron chi connectivity index (χ4n) is 2.54. The maximum atomic E-state index is 13.4. The van der Waals surface area contributed by atoms with Gasteiger partial charge in [0.2, 0.25) is 0 Å². The molecule has 0 amide bonds. The molecule has 0 radical (unpaired) electrons. The fourth-order valence-corrected chi connectivity index (χ4v) is 2.54. The molecule has 21 heavy (non-hydrogen) atoms. The molecule has 0 atom stereocenters. The molecular weight excluding hydrogens is 265 g/mol. The molecule has 0 aliphatic carbocycles. The molecule has 3 heteroatoms. The van der Waals surface area contributed by atoms with Gasteiger partial charge in [-0.05, 0) is 47.5 Å². The Bertz CT molecular complexity index is 778. The Labute approximate surface area is 122 Å². The molecule has 0 saturated heterocycles. The highest BCUT2D eigenvalue weighted by Gasteiger charge is 2.07. The number of phenolic OH excluding ortho intramolecular Hbond substituents is 1. The third-order valence-electron chi connectivity index (χ3n) is 3.53. The lowest BCUT2D eigenvalue weighted by Gasteiger charge is -2.12. The summed E-state index contributed by atoms with van der Waals surface area (Å²) in [5.74, 6) is -0.0195. The smallest absolute Gasteiger partial charge is 0.125 e. The topological polar surface area (TPSA) is 32.3 Å². The van der Waals surface area contributed by atoms with Gasteiger partial charge in [0.1, 0.15) is 11.6 Å². The average Bonchev–Trinajstić information content (AvgIpc) is 2.45. The van der Waals surface area contributed by atoms with Crippen molar-refractivity contribution in [2.24, 2.45) is 0 Å².